The summed E-state index contributed by atoms with van der Waals surface area (Å²) in [4.78, 5) is 12.4. The molecule has 2 N–H and O–H groups in total. The molecule has 0 bridgehead atoms. The number of halogens is 2. The minimum atomic E-state index is -0.374. The highest BCUT2D eigenvalue weighted by atomic mass is 79.9. The van der Waals surface area contributed by atoms with Gasteiger partial charge in [-0.05, 0) is 48.0 Å². The van der Waals surface area contributed by atoms with Crippen LogP contribution >= 0.6 is 15.9 Å². The molecule has 0 saturated carbocycles. The van der Waals surface area contributed by atoms with Crippen LogP contribution in [0.2, 0.25) is 0 Å². The van der Waals surface area contributed by atoms with E-state index in [-0.39, 0.29) is 23.9 Å². The van der Waals surface area contributed by atoms with E-state index in [1.54, 1.807) is 19.2 Å². The van der Waals surface area contributed by atoms with Gasteiger partial charge in [0.25, 0.3) is 0 Å². The first-order valence-electron chi connectivity index (χ1n) is 6.30. The van der Waals surface area contributed by atoms with Crippen LogP contribution in [0.4, 0.5) is 22.0 Å². The lowest BCUT2D eigenvalue weighted by molar-refractivity contribution is 0.222. The third-order valence-electron chi connectivity index (χ3n) is 2.36. The van der Waals surface area contributed by atoms with Crippen molar-refractivity contribution in [3.05, 3.63) is 28.5 Å². The Morgan fingerprint density at radius 1 is 1.19 bits per heavy atom. The van der Waals surface area contributed by atoms with Gasteiger partial charge >= 0.3 is 6.01 Å². The molecule has 112 valence electrons. The summed E-state index contributed by atoms with van der Waals surface area (Å²) in [5.41, 5.74) is 0.527. The molecule has 2 rings (SSSR count). The second-order valence-corrected chi connectivity index (χ2v) is 5.29. The van der Waals surface area contributed by atoms with Gasteiger partial charge in [-0.2, -0.15) is 15.0 Å². The van der Waals surface area contributed by atoms with Crippen molar-refractivity contribution in [2.45, 2.75) is 20.0 Å². The Hall–Kier alpha value is -1.96. The van der Waals surface area contributed by atoms with Crippen LogP contribution in [-0.4, -0.2) is 28.1 Å². The molecule has 0 spiro atoms. The highest BCUT2D eigenvalue weighted by molar-refractivity contribution is 9.10. The average molecular weight is 356 g/mol. The molecule has 21 heavy (non-hydrogen) atoms. The lowest BCUT2D eigenvalue weighted by Gasteiger charge is -2.11. The highest BCUT2D eigenvalue weighted by Gasteiger charge is 2.09. The van der Waals surface area contributed by atoms with E-state index in [4.69, 9.17) is 4.74 Å². The topological polar surface area (TPSA) is 72.0 Å². The predicted octanol–water partition coefficient (Wildman–Crippen LogP) is 3.35. The summed E-state index contributed by atoms with van der Waals surface area (Å²) in [6, 6.07) is 4.85. The molecular weight excluding hydrogens is 341 g/mol. The van der Waals surface area contributed by atoms with Gasteiger partial charge in [-0.25, -0.2) is 4.39 Å². The van der Waals surface area contributed by atoms with Gasteiger partial charge in [0.05, 0.1) is 10.6 Å². The van der Waals surface area contributed by atoms with Gasteiger partial charge in [0.2, 0.25) is 11.9 Å². The smallest absolute Gasteiger partial charge is 0.323 e. The molecule has 2 aromatic rings. The number of anilines is 3. The molecule has 1 aromatic carbocycles. The first-order chi connectivity index (χ1) is 9.97. The number of rotatable bonds is 5. The van der Waals surface area contributed by atoms with E-state index in [1.807, 2.05) is 13.8 Å². The molecule has 0 radical (unpaired) electrons. The SMILES string of the molecule is CNc1nc(Nc2ccc(Br)c(F)c2)nc(OC(C)C)n1. The van der Waals surface area contributed by atoms with Crippen LogP contribution in [0.1, 0.15) is 13.8 Å². The van der Waals surface area contributed by atoms with Crippen molar-refractivity contribution < 1.29 is 9.13 Å². The normalized spacial score (nSPS) is 10.6. The van der Waals surface area contributed by atoms with Gasteiger partial charge in [0, 0.05) is 12.7 Å². The second-order valence-electron chi connectivity index (χ2n) is 4.44. The molecule has 0 aliphatic rings. The zero-order valence-electron chi connectivity index (χ0n) is 11.8. The molecule has 6 nitrogen and oxygen atoms in total. The molecule has 0 aliphatic carbocycles. The van der Waals surface area contributed by atoms with Crippen LogP contribution in [0.5, 0.6) is 6.01 Å². The number of aromatic nitrogens is 3. The molecule has 1 heterocycles. The Bertz CT molecular complexity index is 638. The van der Waals surface area contributed by atoms with E-state index in [2.05, 4.69) is 41.5 Å². The number of ether oxygens (including phenoxy) is 1. The maximum absolute atomic E-state index is 13.5. The van der Waals surface area contributed by atoms with Crippen LogP contribution in [-0.2, 0) is 0 Å². The molecule has 8 heteroatoms. The van der Waals surface area contributed by atoms with Crippen molar-refractivity contribution in [3.63, 3.8) is 0 Å². The lowest BCUT2D eigenvalue weighted by Crippen LogP contribution is -2.11. The molecule has 0 amide bonds. The number of hydrogen-bond acceptors (Lipinski definition) is 6. The van der Waals surface area contributed by atoms with Crippen LogP contribution in [0, 0.1) is 5.82 Å². The van der Waals surface area contributed by atoms with E-state index in [9.17, 15) is 4.39 Å². The van der Waals surface area contributed by atoms with Crippen molar-refractivity contribution in [2.24, 2.45) is 0 Å². The van der Waals surface area contributed by atoms with Crippen molar-refractivity contribution >= 4 is 33.5 Å². The number of hydrogen-bond donors (Lipinski definition) is 2. The molecular formula is C13H15BrFN5O. The van der Waals surface area contributed by atoms with Crippen molar-refractivity contribution in [1.29, 1.82) is 0 Å². The molecule has 0 unspecified atom stereocenters. The minimum Gasteiger partial charge on any atom is -0.461 e. The number of benzene rings is 1. The first kappa shape index (κ1) is 15.4. The van der Waals surface area contributed by atoms with E-state index in [1.165, 1.54) is 6.07 Å². The van der Waals surface area contributed by atoms with Crippen LogP contribution in [0.15, 0.2) is 22.7 Å². The van der Waals surface area contributed by atoms with E-state index < -0.39 is 0 Å². The predicted molar refractivity (Wildman–Crippen MR) is 82.5 cm³/mol. The Morgan fingerprint density at radius 3 is 2.52 bits per heavy atom. The maximum atomic E-state index is 13.5. The van der Waals surface area contributed by atoms with E-state index in [0.717, 1.165) is 0 Å². The van der Waals surface area contributed by atoms with Crippen molar-refractivity contribution in [3.8, 4) is 6.01 Å². The van der Waals surface area contributed by atoms with Crippen LogP contribution in [0.25, 0.3) is 0 Å². The lowest BCUT2D eigenvalue weighted by atomic mass is 10.3. The van der Waals surface area contributed by atoms with Crippen LogP contribution < -0.4 is 15.4 Å². The summed E-state index contributed by atoms with van der Waals surface area (Å²) < 4.78 is 19.3. The Kier molecular flexibility index (Phi) is 4.89. The third-order valence-corrected chi connectivity index (χ3v) is 3.00. The largest absolute Gasteiger partial charge is 0.461 e. The van der Waals surface area contributed by atoms with Crippen LogP contribution in [0.3, 0.4) is 0 Å². The second kappa shape index (κ2) is 6.66. The molecule has 0 aliphatic heterocycles. The van der Waals surface area contributed by atoms with E-state index in [0.29, 0.717) is 16.1 Å². The van der Waals surface area contributed by atoms with E-state index >= 15 is 0 Å². The fourth-order valence-corrected chi connectivity index (χ4v) is 1.74. The summed E-state index contributed by atoms with van der Waals surface area (Å²) in [5, 5.41) is 5.74. The molecule has 1 aromatic heterocycles. The van der Waals surface area contributed by atoms with Crippen molar-refractivity contribution in [1.82, 2.24) is 15.0 Å². The Labute approximate surface area is 130 Å². The number of nitrogens with zero attached hydrogens (tertiary/aromatic N) is 3. The average Bonchev–Trinajstić information content (AvgIpc) is 2.42. The van der Waals surface area contributed by atoms with Gasteiger partial charge < -0.3 is 15.4 Å². The monoisotopic (exact) mass is 355 g/mol. The maximum Gasteiger partial charge on any atom is 0.323 e. The highest BCUT2D eigenvalue weighted by Crippen LogP contribution is 2.22. The zero-order chi connectivity index (χ0) is 15.4. The summed E-state index contributed by atoms with van der Waals surface area (Å²) in [7, 11) is 1.69. The third kappa shape index (κ3) is 4.25. The Balaban J connectivity index is 2.27. The summed E-state index contributed by atoms with van der Waals surface area (Å²) in [6.07, 6.45) is -0.0601. The molecule has 0 atom stereocenters. The fraction of sp³-hybridized carbons (Fsp3) is 0.308. The Morgan fingerprint density at radius 2 is 1.90 bits per heavy atom. The standard InChI is InChI=1S/C13H15BrFN5O/c1-7(2)21-13-19-11(16-3)18-12(20-13)17-8-4-5-9(14)10(15)6-8/h4-7H,1-3H3,(H2,16,17,18,19,20). The molecule has 0 saturated heterocycles. The summed E-state index contributed by atoms with van der Waals surface area (Å²) in [6.45, 7) is 3.75. The van der Waals surface area contributed by atoms with Gasteiger partial charge in [-0.3, -0.25) is 0 Å². The number of nitrogens with one attached hydrogen (secondary N) is 2. The summed E-state index contributed by atoms with van der Waals surface area (Å²) in [5.74, 6) is 0.258. The minimum absolute atomic E-state index is 0.0601. The van der Waals surface area contributed by atoms with Gasteiger partial charge in [-0.15, -0.1) is 0 Å². The fourth-order valence-electron chi connectivity index (χ4n) is 1.49. The van der Waals surface area contributed by atoms with Crippen molar-refractivity contribution in [2.75, 3.05) is 17.7 Å². The zero-order valence-corrected chi connectivity index (χ0v) is 13.4. The van der Waals surface area contributed by atoms with Gasteiger partial charge in [-0.1, -0.05) is 0 Å². The first-order valence-corrected chi connectivity index (χ1v) is 7.10. The van der Waals surface area contributed by atoms with Gasteiger partial charge in [0.15, 0.2) is 0 Å². The quantitative estimate of drug-likeness (QED) is 0.856. The summed E-state index contributed by atoms with van der Waals surface area (Å²) >= 11 is 3.10. The molecule has 0 fully saturated rings. The van der Waals surface area contributed by atoms with Gasteiger partial charge in [0.1, 0.15) is 5.82 Å².